The molecule has 6 nitrogen and oxygen atoms in total. The summed E-state index contributed by atoms with van der Waals surface area (Å²) in [7, 11) is 0. The van der Waals surface area contributed by atoms with E-state index in [1.807, 2.05) is 6.92 Å². The van der Waals surface area contributed by atoms with Crippen molar-refractivity contribution in [1.29, 1.82) is 0 Å². The first-order valence-electron chi connectivity index (χ1n) is 9.31. The quantitative estimate of drug-likeness (QED) is 0.444. The monoisotopic (exact) mass is 342 g/mol. The van der Waals surface area contributed by atoms with Crippen LogP contribution >= 0.6 is 0 Å². The summed E-state index contributed by atoms with van der Waals surface area (Å²) in [6.45, 7) is 7.64. The molecule has 1 unspecified atom stereocenters. The lowest BCUT2D eigenvalue weighted by atomic mass is 9.94. The number of rotatable bonds is 11. The van der Waals surface area contributed by atoms with Gasteiger partial charge in [-0.25, -0.2) is 0 Å². The summed E-state index contributed by atoms with van der Waals surface area (Å²) in [5.74, 6) is -0.355. The molecule has 1 saturated heterocycles. The number of hydrogen-bond donors (Lipinski definition) is 2. The van der Waals surface area contributed by atoms with Crippen molar-refractivity contribution in [2.24, 2.45) is 0 Å². The lowest BCUT2D eigenvalue weighted by molar-refractivity contribution is -0.151. The molecule has 0 spiro atoms. The minimum absolute atomic E-state index is 0.0778. The Hall–Kier alpha value is -1.14. The smallest absolute Gasteiger partial charge is 0.326 e. The molecular formula is C18H34N2O4. The van der Waals surface area contributed by atoms with Gasteiger partial charge in [-0.1, -0.05) is 32.6 Å². The van der Waals surface area contributed by atoms with Crippen LogP contribution in [0.2, 0.25) is 0 Å². The van der Waals surface area contributed by atoms with E-state index in [1.165, 1.54) is 0 Å². The molecule has 1 amide bonds. The van der Waals surface area contributed by atoms with Crippen LogP contribution in [0.1, 0.15) is 65.7 Å². The zero-order valence-electron chi connectivity index (χ0n) is 15.5. The molecule has 6 heteroatoms. The van der Waals surface area contributed by atoms with E-state index in [0.717, 1.165) is 38.5 Å². The fourth-order valence-electron chi connectivity index (χ4n) is 2.85. The Morgan fingerprint density at radius 3 is 2.50 bits per heavy atom. The van der Waals surface area contributed by atoms with Gasteiger partial charge in [0.05, 0.1) is 13.2 Å². The molecule has 0 aromatic rings. The fourth-order valence-corrected chi connectivity index (χ4v) is 2.85. The molecule has 24 heavy (non-hydrogen) atoms. The highest BCUT2D eigenvalue weighted by Crippen LogP contribution is 2.17. The second kappa shape index (κ2) is 11.4. The standard InChI is InChI=1S/C18H34N2O4/c1-4-6-7-8-11-18(3,17(22)24-5-2)19-14-16(21)20-15-9-12-23-13-10-15/h15,19H,4-14H2,1-3H3,(H,20,21). The van der Waals surface area contributed by atoms with Gasteiger partial charge in [-0.05, 0) is 33.1 Å². The van der Waals surface area contributed by atoms with Gasteiger partial charge < -0.3 is 14.8 Å². The number of unbranched alkanes of at least 4 members (excludes halogenated alkanes) is 3. The predicted octanol–water partition coefficient (Wildman–Crippen LogP) is 2.16. The molecule has 140 valence electrons. The molecule has 1 atom stereocenters. The van der Waals surface area contributed by atoms with Crippen molar-refractivity contribution in [1.82, 2.24) is 10.6 Å². The van der Waals surface area contributed by atoms with E-state index in [-0.39, 0.29) is 24.5 Å². The van der Waals surface area contributed by atoms with Gasteiger partial charge in [0, 0.05) is 19.3 Å². The van der Waals surface area contributed by atoms with Gasteiger partial charge in [-0.3, -0.25) is 14.9 Å². The highest BCUT2D eigenvalue weighted by molar-refractivity contribution is 5.83. The van der Waals surface area contributed by atoms with Gasteiger partial charge >= 0.3 is 5.97 Å². The summed E-state index contributed by atoms with van der Waals surface area (Å²) in [5.41, 5.74) is -0.809. The van der Waals surface area contributed by atoms with Crippen molar-refractivity contribution in [3.8, 4) is 0 Å². The van der Waals surface area contributed by atoms with E-state index in [0.29, 0.717) is 26.2 Å². The molecule has 0 aliphatic carbocycles. The van der Waals surface area contributed by atoms with Gasteiger partial charge in [0.25, 0.3) is 0 Å². The fraction of sp³-hybridized carbons (Fsp3) is 0.889. The lowest BCUT2D eigenvalue weighted by Gasteiger charge is -2.29. The van der Waals surface area contributed by atoms with E-state index < -0.39 is 5.54 Å². The first-order valence-corrected chi connectivity index (χ1v) is 9.31. The molecule has 0 saturated carbocycles. The minimum atomic E-state index is -0.809. The number of esters is 1. The van der Waals surface area contributed by atoms with E-state index >= 15 is 0 Å². The molecular weight excluding hydrogens is 308 g/mol. The van der Waals surface area contributed by atoms with Crippen molar-refractivity contribution in [2.45, 2.75) is 77.3 Å². The first kappa shape index (κ1) is 20.9. The summed E-state index contributed by atoms with van der Waals surface area (Å²) in [6, 6.07) is 0.173. The molecule has 0 bridgehead atoms. The van der Waals surface area contributed by atoms with Crippen molar-refractivity contribution in [3.63, 3.8) is 0 Å². The Morgan fingerprint density at radius 2 is 1.88 bits per heavy atom. The molecule has 1 aliphatic rings. The van der Waals surface area contributed by atoms with Crippen LogP contribution in [0.5, 0.6) is 0 Å². The number of hydrogen-bond acceptors (Lipinski definition) is 5. The van der Waals surface area contributed by atoms with Crippen LogP contribution in [0.4, 0.5) is 0 Å². The number of amides is 1. The van der Waals surface area contributed by atoms with E-state index in [2.05, 4.69) is 17.6 Å². The van der Waals surface area contributed by atoms with Gasteiger partial charge in [0.2, 0.25) is 5.91 Å². The van der Waals surface area contributed by atoms with Crippen LogP contribution < -0.4 is 10.6 Å². The molecule has 0 radical (unpaired) electrons. The normalized spacial score (nSPS) is 18.0. The maximum absolute atomic E-state index is 12.3. The number of carbonyl (C=O) groups is 2. The van der Waals surface area contributed by atoms with Crippen molar-refractivity contribution in [2.75, 3.05) is 26.4 Å². The summed E-state index contributed by atoms with van der Waals surface area (Å²) < 4.78 is 10.5. The minimum Gasteiger partial charge on any atom is -0.465 e. The number of nitrogens with one attached hydrogen (secondary N) is 2. The maximum Gasteiger partial charge on any atom is 0.326 e. The number of carbonyl (C=O) groups excluding carboxylic acids is 2. The molecule has 0 aromatic carbocycles. The van der Waals surface area contributed by atoms with Crippen LogP contribution in [0, 0.1) is 0 Å². The molecule has 1 heterocycles. The summed E-state index contributed by atoms with van der Waals surface area (Å²) in [6.07, 6.45) is 6.70. The van der Waals surface area contributed by atoms with E-state index in [9.17, 15) is 9.59 Å². The van der Waals surface area contributed by atoms with Crippen LogP contribution in [-0.2, 0) is 19.1 Å². The largest absolute Gasteiger partial charge is 0.465 e. The molecule has 0 aromatic heterocycles. The van der Waals surface area contributed by atoms with Crippen LogP contribution in [0.15, 0.2) is 0 Å². The zero-order chi connectivity index (χ0) is 17.8. The Balaban J connectivity index is 2.46. The Bertz CT molecular complexity index is 383. The van der Waals surface area contributed by atoms with Gasteiger partial charge in [-0.15, -0.1) is 0 Å². The van der Waals surface area contributed by atoms with Crippen LogP contribution in [0.3, 0.4) is 0 Å². The van der Waals surface area contributed by atoms with Gasteiger partial charge in [-0.2, -0.15) is 0 Å². The second-order valence-corrected chi connectivity index (χ2v) is 6.67. The zero-order valence-corrected chi connectivity index (χ0v) is 15.5. The average molecular weight is 342 g/mol. The van der Waals surface area contributed by atoms with E-state index in [1.54, 1.807) is 6.92 Å². The third-order valence-electron chi connectivity index (χ3n) is 4.48. The second-order valence-electron chi connectivity index (χ2n) is 6.67. The topological polar surface area (TPSA) is 76.7 Å². The third kappa shape index (κ3) is 7.62. The van der Waals surface area contributed by atoms with Crippen molar-refractivity contribution >= 4 is 11.9 Å². The first-order chi connectivity index (χ1) is 11.5. The number of ether oxygens (including phenoxy) is 2. The highest BCUT2D eigenvalue weighted by atomic mass is 16.5. The van der Waals surface area contributed by atoms with Gasteiger partial charge in [0.15, 0.2) is 0 Å². The van der Waals surface area contributed by atoms with Crippen LogP contribution in [0.25, 0.3) is 0 Å². The summed E-state index contributed by atoms with van der Waals surface area (Å²) >= 11 is 0. The average Bonchev–Trinajstić information content (AvgIpc) is 2.58. The lowest BCUT2D eigenvalue weighted by Crippen LogP contribution is -2.54. The molecule has 2 N–H and O–H groups in total. The predicted molar refractivity (Wildman–Crippen MR) is 93.8 cm³/mol. The molecule has 1 aliphatic heterocycles. The highest BCUT2D eigenvalue weighted by Gasteiger charge is 2.34. The Labute approximate surface area is 146 Å². The van der Waals surface area contributed by atoms with Crippen LogP contribution in [-0.4, -0.2) is 49.8 Å². The van der Waals surface area contributed by atoms with Gasteiger partial charge in [0.1, 0.15) is 5.54 Å². The van der Waals surface area contributed by atoms with E-state index in [4.69, 9.17) is 9.47 Å². The summed E-state index contributed by atoms with van der Waals surface area (Å²) in [5, 5.41) is 6.13. The molecule has 1 fully saturated rings. The SMILES string of the molecule is CCCCCCC(C)(NCC(=O)NC1CCOCC1)C(=O)OCC. The maximum atomic E-state index is 12.3. The molecule has 1 rings (SSSR count). The van der Waals surface area contributed by atoms with Crippen molar-refractivity contribution in [3.05, 3.63) is 0 Å². The Kier molecular flexibility index (Phi) is 9.95. The van der Waals surface area contributed by atoms with Crippen molar-refractivity contribution < 1.29 is 19.1 Å². The third-order valence-corrected chi connectivity index (χ3v) is 4.48. The Morgan fingerprint density at radius 1 is 1.17 bits per heavy atom. The summed E-state index contributed by atoms with van der Waals surface area (Å²) in [4.78, 5) is 24.4.